The maximum absolute atomic E-state index is 8.97. The molecule has 9 heteroatoms. The first-order valence-corrected chi connectivity index (χ1v) is 9.65. The van der Waals surface area contributed by atoms with Gasteiger partial charge in [0.15, 0.2) is 0 Å². The van der Waals surface area contributed by atoms with Crippen molar-refractivity contribution in [3.8, 4) is 6.07 Å². The number of nitriles is 1. The topological polar surface area (TPSA) is 75.6 Å². The number of hydrogen-bond donors (Lipinski definition) is 3. The fraction of sp³-hybridized carbons (Fsp3) is 0.316. The molecule has 148 valence electrons. The number of anilines is 1. The van der Waals surface area contributed by atoms with Gasteiger partial charge in [0.05, 0.1) is 31.6 Å². The van der Waals surface area contributed by atoms with Gasteiger partial charge in [-0.25, -0.2) is 0 Å². The van der Waals surface area contributed by atoms with Crippen LogP contribution in [0.15, 0.2) is 42.5 Å². The third-order valence-corrected chi connectivity index (χ3v) is 4.98. The van der Waals surface area contributed by atoms with E-state index in [1.807, 2.05) is 42.3 Å². The van der Waals surface area contributed by atoms with Gasteiger partial charge >= 0.3 is 0 Å². The molecule has 2 aromatic carbocycles. The Kier molecular flexibility index (Phi) is 7.48. The maximum atomic E-state index is 8.97. The van der Waals surface area contributed by atoms with Crippen molar-refractivity contribution in [2.24, 2.45) is 0 Å². The molecule has 3 rings (SSSR count). The fourth-order valence-corrected chi connectivity index (χ4v) is 3.38. The Hall–Kier alpha value is -1.89. The normalized spacial score (nSPS) is 18.0. The zero-order valence-electron chi connectivity index (χ0n) is 15.5. The highest BCUT2D eigenvalue weighted by Crippen LogP contribution is 2.27. The third kappa shape index (κ3) is 5.34. The molecule has 3 N–H and O–H groups in total. The summed E-state index contributed by atoms with van der Waals surface area (Å²) >= 11 is 12.7. The van der Waals surface area contributed by atoms with Gasteiger partial charge < -0.3 is 5.32 Å². The van der Waals surface area contributed by atoms with Crippen LogP contribution < -0.4 is 16.2 Å². The summed E-state index contributed by atoms with van der Waals surface area (Å²) in [4.78, 5) is 7.44. The van der Waals surface area contributed by atoms with E-state index in [-0.39, 0.29) is 6.29 Å². The van der Waals surface area contributed by atoms with E-state index >= 15 is 0 Å². The van der Waals surface area contributed by atoms with E-state index in [0.717, 1.165) is 11.3 Å². The SMILES string of the molecule is CCONN1CNC(Nc2ccc(C#N)cc2)N(Cc2c(Cl)cccc2Cl)C1. The standard InChI is InChI=1S/C19H22Cl2N6O/c1-2-28-25-27-12-23-19(24-15-8-6-14(10-22)7-9-15)26(13-27)11-16-17(20)4-3-5-18(16)21/h3-9,19,23-25H,2,11-13H2,1H3. The molecule has 1 aliphatic heterocycles. The first kappa shape index (κ1) is 20.8. The quantitative estimate of drug-likeness (QED) is 0.592. The van der Waals surface area contributed by atoms with Gasteiger partial charge in [0.25, 0.3) is 0 Å². The van der Waals surface area contributed by atoms with Gasteiger partial charge in [0.1, 0.15) is 6.29 Å². The zero-order chi connectivity index (χ0) is 19.9. The molecule has 28 heavy (non-hydrogen) atoms. The van der Waals surface area contributed by atoms with Crippen molar-refractivity contribution in [2.45, 2.75) is 19.8 Å². The number of nitrogens with one attached hydrogen (secondary N) is 3. The molecule has 1 unspecified atom stereocenters. The highest BCUT2D eigenvalue weighted by atomic mass is 35.5. The summed E-state index contributed by atoms with van der Waals surface area (Å²) in [6.07, 6.45) is -0.167. The lowest BCUT2D eigenvalue weighted by Crippen LogP contribution is -2.64. The number of hydrazine groups is 1. The molecule has 1 heterocycles. The van der Waals surface area contributed by atoms with Crippen molar-refractivity contribution in [2.75, 3.05) is 25.3 Å². The minimum atomic E-state index is -0.167. The largest absolute Gasteiger partial charge is 0.357 e. The lowest BCUT2D eigenvalue weighted by atomic mass is 10.2. The van der Waals surface area contributed by atoms with Gasteiger partial charge in [-0.2, -0.15) is 10.3 Å². The lowest BCUT2D eigenvalue weighted by molar-refractivity contribution is -0.130. The van der Waals surface area contributed by atoms with E-state index in [1.54, 1.807) is 12.1 Å². The van der Waals surface area contributed by atoms with Crippen LogP contribution in [0.1, 0.15) is 18.1 Å². The Balaban J connectivity index is 1.77. The molecule has 0 aliphatic carbocycles. The number of benzene rings is 2. The Morgan fingerprint density at radius 1 is 1.21 bits per heavy atom. The van der Waals surface area contributed by atoms with E-state index in [4.69, 9.17) is 33.3 Å². The molecular weight excluding hydrogens is 399 g/mol. The number of nitrogens with zero attached hydrogens (tertiary/aromatic N) is 3. The smallest absolute Gasteiger partial charge is 0.137 e. The predicted molar refractivity (Wildman–Crippen MR) is 110 cm³/mol. The Morgan fingerprint density at radius 3 is 2.57 bits per heavy atom. The summed E-state index contributed by atoms with van der Waals surface area (Å²) in [6, 6.07) is 14.9. The molecule has 1 saturated heterocycles. The Bertz CT molecular complexity index is 806. The average Bonchev–Trinajstić information content (AvgIpc) is 2.71. The number of halogens is 2. The van der Waals surface area contributed by atoms with E-state index in [2.05, 4.69) is 27.2 Å². The first-order chi connectivity index (χ1) is 13.6. The summed E-state index contributed by atoms with van der Waals surface area (Å²) in [7, 11) is 0. The van der Waals surface area contributed by atoms with Gasteiger partial charge in [-0.15, -0.1) is 5.59 Å². The van der Waals surface area contributed by atoms with Crippen molar-refractivity contribution in [3.05, 3.63) is 63.6 Å². The molecule has 7 nitrogen and oxygen atoms in total. The lowest BCUT2D eigenvalue weighted by Gasteiger charge is -2.42. The molecular formula is C19H22Cl2N6O. The third-order valence-electron chi connectivity index (χ3n) is 4.27. The predicted octanol–water partition coefficient (Wildman–Crippen LogP) is 3.34. The van der Waals surface area contributed by atoms with Crippen LogP contribution in [-0.4, -0.2) is 36.1 Å². The highest BCUT2D eigenvalue weighted by Gasteiger charge is 2.27. The van der Waals surface area contributed by atoms with Gasteiger partial charge in [-0.05, 0) is 43.3 Å². The van der Waals surface area contributed by atoms with E-state index in [9.17, 15) is 0 Å². The van der Waals surface area contributed by atoms with Gasteiger partial charge in [-0.1, -0.05) is 29.3 Å². The van der Waals surface area contributed by atoms with Gasteiger partial charge in [0, 0.05) is 27.8 Å². The number of hydrogen-bond acceptors (Lipinski definition) is 7. The molecule has 0 amide bonds. The summed E-state index contributed by atoms with van der Waals surface area (Å²) in [5, 5.41) is 19.0. The second-order valence-electron chi connectivity index (χ2n) is 6.25. The second kappa shape index (κ2) is 10.0. The molecule has 2 aromatic rings. The van der Waals surface area contributed by atoms with Crippen molar-refractivity contribution in [1.82, 2.24) is 20.8 Å². The van der Waals surface area contributed by atoms with Crippen LogP contribution in [0.4, 0.5) is 5.69 Å². The van der Waals surface area contributed by atoms with Gasteiger partial charge in [-0.3, -0.25) is 15.1 Å². The molecule has 0 bridgehead atoms. The molecule has 0 radical (unpaired) electrons. The van der Waals surface area contributed by atoms with Crippen LogP contribution in [-0.2, 0) is 11.4 Å². The van der Waals surface area contributed by atoms with Crippen LogP contribution in [0.3, 0.4) is 0 Å². The molecule has 0 saturated carbocycles. The Labute approximate surface area is 174 Å². The first-order valence-electron chi connectivity index (χ1n) is 8.90. The minimum absolute atomic E-state index is 0.167. The van der Waals surface area contributed by atoms with Gasteiger partial charge in [0.2, 0.25) is 0 Å². The second-order valence-corrected chi connectivity index (χ2v) is 7.07. The van der Waals surface area contributed by atoms with Crippen molar-refractivity contribution in [1.29, 1.82) is 5.26 Å². The summed E-state index contributed by atoms with van der Waals surface area (Å²) < 4.78 is 0. The monoisotopic (exact) mass is 420 g/mol. The van der Waals surface area contributed by atoms with Crippen LogP contribution >= 0.6 is 23.2 Å². The summed E-state index contributed by atoms with van der Waals surface area (Å²) in [6.45, 7) is 4.15. The fourth-order valence-electron chi connectivity index (χ4n) is 2.86. The molecule has 0 aromatic heterocycles. The van der Waals surface area contributed by atoms with Crippen molar-refractivity contribution < 1.29 is 4.84 Å². The van der Waals surface area contributed by atoms with E-state index < -0.39 is 0 Å². The Morgan fingerprint density at radius 2 is 1.93 bits per heavy atom. The summed E-state index contributed by atoms with van der Waals surface area (Å²) in [5.74, 6) is 0. The van der Waals surface area contributed by atoms with E-state index in [0.29, 0.717) is 42.1 Å². The van der Waals surface area contributed by atoms with Crippen LogP contribution in [0.5, 0.6) is 0 Å². The van der Waals surface area contributed by atoms with E-state index in [1.165, 1.54) is 0 Å². The molecule has 1 fully saturated rings. The molecule has 1 aliphatic rings. The minimum Gasteiger partial charge on any atom is -0.357 e. The average molecular weight is 421 g/mol. The molecule has 1 atom stereocenters. The zero-order valence-corrected chi connectivity index (χ0v) is 17.0. The van der Waals surface area contributed by atoms with Crippen molar-refractivity contribution >= 4 is 28.9 Å². The van der Waals surface area contributed by atoms with Crippen LogP contribution in [0.25, 0.3) is 0 Å². The van der Waals surface area contributed by atoms with Crippen LogP contribution in [0, 0.1) is 11.3 Å². The highest BCUT2D eigenvalue weighted by molar-refractivity contribution is 6.35. The van der Waals surface area contributed by atoms with Crippen LogP contribution in [0.2, 0.25) is 10.0 Å². The van der Waals surface area contributed by atoms with Crippen molar-refractivity contribution in [3.63, 3.8) is 0 Å². The number of rotatable bonds is 7. The summed E-state index contributed by atoms with van der Waals surface area (Å²) in [5.41, 5.74) is 5.29. The molecule has 0 spiro atoms. The maximum Gasteiger partial charge on any atom is 0.137 e.